The zero-order valence-electron chi connectivity index (χ0n) is 6.15. The molecule has 9 heavy (non-hydrogen) atoms. The van der Waals surface area contributed by atoms with Crippen LogP contribution in [0.2, 0.25) is 0 Å². The van der Waals surface area contributed by atoms with Crippen molar-refractivity contribution in [1.82, 2.24) is 5.32 Å². The Labute approximate surface area is 57.6 Å². The van der Waals surface area contributed by atoms with E-state index < -0.39 is 0 Å². The molecule has 1 radical (unpaired) electrons. The molecule has 0 aliphatic rings. The molecular formula is C7H16NO. The summed E-state index contributed by atoms with van der Waals surface area (Å²) in [5.41, 5.74) is 0. The monoisotopic (exact) mass is 130 g/mol. The third-order valence-corrected chi connectivity index (χ3v) is 0.962. The molecule has 0 aliphatic heterocycles. The van der Waals surface area contributed by atoms with Crippen LogP contribution in [-0.2, 0) is 4.74 Å². The second-order valence-electron chi connectivity index (χ2n) is 1.82. The Morgan fingerprint density at radius 1 is 1.44 bits per heavy atom. The van der Waals surface area contributed by atoms with Crippen LogP contribution in [0.3, 0.4) is 0 Å². The summed E-state index contributed by atoms with van der Waals surface area (Å²) in [5, 5.41) is 3.16. The lowest BCUT2D eigenvalue weighted by Crippen LogP contribution is -2.18. The Balaban J connectivity index is 2.60. The highest BCUT2D eigenvalue weighted by Gasteiger charge is 1.83. The quantitative estimate of drug-likeness (QED) is 0.538. The molecule has 0 amide bonds. The van der Waals surface area contributed by atoms with Gasteiger partial charge in [0.15, 0.2) is 0 Å². The van der Waals surface area contributed by atoms with E-state index >= 15 is 0 Å². The fourth-order valence-electron chi connectivity index (χ4n) is 0.525. The summed E-state index contributed by atoms with van der Waals surface area (Å²) in [6, 6.07) is 0. The van der Waals surface area contributed by atoms with E-state index in [-0.39, 0.29) is 0 Å². The normalized spacial score (nSPS) is 10.0. The van der Waals surface area contributed by atoms with E-state index in [1.807, 2.05) is 0 Å². The molecule has 2 nitrogen and oxygen atoms in total. The third kappa shape index (κ3) is 7.92. The zero-order valence-corrected chi connectivity index (χ0v) is 6.15. The predicted octanol–water partition coefficient (Wildman–Crippen LogP) is 0.837. The molecule has 2 heteroatoms. The van der Waals surface area contributed by atoms with Crippen LogP contribution in [0.1, 0.15) is 13.3 Å². The molecule has 0 aliphatic carbocycles. The van der Waals surface area contributed by atoms with E-state index in [0.29, 0.717) is 0 Å². The fraction of sp³-hybridized carbons (Fsp3) is 0.857. The van der Waals surface area contributed by atoms with E-state index in [4.69, 9.17) is 4.74 Å². The van der Waals surface area contributed by atoms with Gasteiger partial charge in [-0.05, 0) is 13.0 Å². The van der Waals surface area contributed by atoms with Gasteiger partial charge in [-0.3, -0.25) is 0 Å². The molecule has 0 saturated carbocycles. The van der Waals surface area contributed by atoms with Gasteiger partial charge < -0.3 is 10.1 Å². The summed E-state index contributed by atoms with van der Waals surface area (Å²) in [6.45, 7) is 9.31. The number of nitrogens with one attached hydrogen (secondary N) is 1. The number of rotatable bonds is 6. The Morgan fingerprint density at radius 3 is 2.78 bits per heavy atom. The maximum absolute atomic E-state index is 5.16. The van der Waals surface area contributed by atoms with Crippen LogP contribution in [0.4, 0.5) is 0 Å². The summed E-state index contributed by atoms with van der Waals surface area (Å²) in [7, 11) is 0. The van der Waals surface area contributed by atoms with Crippen molar-refractivity contribution in [3.05, 3.63) is 6.92 Å². The molecule has 1 N–H and O–H groups in total. The second kappa shape index (κ2) is 7.92. The Morgan fingerprint density at radius 2 is 2.22 bits per heavy atom. The van der Waals surface area contributed by atoms with Gasteiger partial charge in [-0.25, -0.2) is 0 Å². The van der Waals surface area contributed by atoms with E-state index in [1.165, 1.54) is 0 Å². The summed E-state index contributed by atoms with van der Waals surface area (Å²) in [4.78, 5) is 0. The van der Waals surface area contributed by atoms with Crippen molar-refractivity contribution in [2.24, 2.45) is 0 Å². The first kappa shape index (κ1) is 8.92. The molecule has 0 unspecified atom stereocenters. The third-order valence-electron chi connectivity index (χ3n) is 0.962. The van der Waals surface area contributed by atoms with Crippen LogP contribution in [-0.4, -0.2) is 26.3 Å². The molecule has 0 bridgehead atoms. The van der Waals surface area contributed by atoms with Crippen molar-refractivity contribution in [1.29, 1.82) is 0 Å². The van der Waals surface area contributed by atoms with Gasteiger partial charge >= 0.3 is 0 Å². The lowest BCUT2D eigenvalue weighted by atomic mass is 10.5. The molecule has 0 heterocycles. The maximum atomic E-state index is 5.16. The average molecular weight is 130 g/mol. The molecule has 55 valence electrons. The molecule has 0 atom stereocenters. The van der Waals surface area contributed by atoms with Gasteiger partial charge in [0.1, 0.15) is 0 Å². The van der Waals surface area contributed by atoms with Crippen LogP contribution in [0.15, 0.2) is 0 Å². The lowest BCUT2D eigenvalue weighted by Gasteiger charge is -2.01. The van der Waals surface area contributed by atoms with E-state index in [0.717, 1.165) is 32.7 Å². The van der Waals surface area contributed by atoms with Crippen molar-refractivity contribution in [2.75, 3.05) is 26.3 Å². The van der Waals surface area contributed by atoms with E-state index in [2.05, 4.69) is 19.2 Å². The average Bonchev–Trinajstić information content (AvgIpc) is 1.89. The largest absolute Gasteiger partial charge is 0.380 e. The van der Waals surface area contributed by atoms with Gasteiger partial charge in [-0.15, -0.1) is 0 Å². The Hall–Kier alpha value is -0.0800. The van der Waals surface area contributed by atoms with Gasteiger partial charge in [0.05, 0.1) is 6.61 Å². The first-order chi connectivity index (χ1) is 4.41. The van der Waals surface area contributed by atoms with Crippen molar-refractivity contribution in [3.8, 4) is 0 Å². The minimum Gasteiger partial charge on any atom is -0.380 e. The second-order valence-corrected chi connectivity index (χ2v) is 1.82. The smallest absolute Gasteiger partial charge is 0.0590 e. The zero-order chi connectivity index (χ0) is 6.95. The van der Waals surface area contributed by atoms with Gasteiger partial charge in [0.2, 0.25) is 0 Å². The first-order valence-corrected chi connectivity index (χ1v) is 3.49. The van der Waals surface area contributed by atoms with Crippen LogP contribution in [0.5, 0.6) is 0 Å². The minimum atomic E-state index is 0.783. The standard InChI is InChI=1S/C7H16NO/c1-3-6-9-7-5-8-4-2/h8H,1,3-7H2,2H3. The molecule has 0 spiro atoms. The van der Waals surface area contributed by atoms with Crippen molar-refractivity contribution < 1.29 is 4.74 Å². The SMILES string of the molecule is [CH2]CCOCCNCC. The highest BCUT2D eigenvalue weighted by molar-refractivity contribution is 4.41. The van der Waals surface area contributed by atoms with Crippen molar-refractivity contribution >= 4 is 0 Å². The van der Waals surface area contributed by atoms with Crippen LogP contribution < -0.4 is 5.32 Å². The van der Waals surface area contributed by atoms with Gasteiger partial charge in [-0.2, -0.15) is 0 Å². The van der Waals surface area contributed by atoms with Crippen LogP contribution >= 0.6 is 0 Å². The molecule has 0 aromatic carbocycles. The number of hydrogen-bond donors (Lipinski definition) is 1. The Kier molecular flexibility index (Phi) is 7.85. The Bertz CT molecular complexity index is 42.2. The number of likely N-dealkylation sites (N-methyl/N-ethyl adjacent to an activating group) is 1. The van der Waals surface area contributed by atoms with Crippen LogP contribution in [0, 0.1) is 6.92 Å². The maximum Gasteiger partial charge on any atom is 0.0590 e. The summed E-state index contributed by atoms with van der Waals surface area (Å²) >= 11 is 0. The molecule has 0 aromatic heterocycles. The van der Waals surface area contributed by atoms with E-state index in [1.54, 1.807) is 0 Å². The summed E-state index contributed by atoms with van der Waals surface area (Å²) in [5.74, 6) is 0. The number of ether oxygens (including phenoxy) is 1. The molecule has 0 rings (SSSR count). The van der Waals surface area contributed by atoms with Gasteiger partial charge in [0, 0.05) is 13.2 Å². The van der Waals surface area contributed by atoms with Crippen LogP contribution in [0.25, 0.3) is 0 Å². The molecular weight excluding hydrogens is 114 g/mol. The topological polar surface area (TPSA) is 21.3 Å². The molecule has 0 fully saturated rings. The highest BCUT2D eigenvalue weighted by atomic mass is 16.5. The molecule has 0 aromatic rings. The highest BCUT2D eigenvalue weighted by Crippen LogP contribution is 1.76. The van der Waals surface area contributed by atoms with Crippen molar-refractivity contribution in [2.45, 2.75) is 13.3 Å². The first-order valence-electron chi connectivity index (χ1n) is 3.49. The minimum absolute atomic E-state index is 0.783. The lowest BCUT2D eigenvalue weighted by molar-refractivity contribution is 0.140. The van der Waals surface area contributed by atoms with Gasteiger partial charge in [-0.1, -0.05) is 13.8 Å². The summed E-state index contributed by atoms with van der Waals surface area (Å²) in [6.07, 6.45) is 0.867. The van der Waals surface area contributed by atoms with E-state index in [9.17, 15) is 0 Å². The van der Waals surface area contributed by atoms with Crippen molar-refractivity contribution in [3.63, 3.8) is 0 Å². The molecule has 0 saturated heterocycles. The predicted molar refractivity (Wildman–Crippen MR) is 39.3 cm³/mol. The van der Waals surface area contributed by atoms with Gasteiger partial charge in [0.25, 0.3) is 0 Å². The number of hydrogen-bond acceptors (Lipinski definition) is 2. The summed E-state index contributed by atoms with van der Waals surface area (Å²) < 4.78 is 5.16. The fourth-order valence-corrected chi connectivity index (χ4v) is 0.525.